The summed E-state index contributed by atoms with van der Waals surface area (Å²) >= 11 is 0. The largest absolute Gasteiger partial charge is 0.497 e. The van der Waals surface area contributed by atoms with Crippen molar-refractivity contribution >= 4 is 5.91 Å². The number of ether oxygens (including phenoxy) is 2. The maximum Gasteiger partial charge on any atom is 0.226 e. The van der Waals surface area contributed by atoms with Gasteiger partial charge >= 0.3 is 0 Å². The Bertz CT molecular complexity index is 810. The zero-order valence-electron chi connectivity index (χ0n) is 17.8. The molecule has 1 saturated carbocycles. The van der Waals surface area contributed by atoms with Crippen molar-refractivity contribution in [2.24, 2.45) is 5.92 Å². The Labute approximate surface area is 178 Å². The lowest BCUT2D eigenvalue weighted by atomic mass is 9.84. The molecule has 1 saturated heterocycles. The number of rotatable bonds is 9. The van der Waals surface area contributed by atoms with E-state index in [-0.39, 0.29) is 11.8 Å². The number of hydrogen-bond acceptors (Lipinski definition) is 5. The van der Waals surface area contributed by atoms with Gasteiger partial charge in [-0.2, -0.15) is 0 Å². The molecular formula is C23H32N4O3. The smallest absolute Gasteiger partial charge is 0.226 e. The first-order chi connectivity index (χ1) is 14.7. The monoisotopic (exact) mass is 412 g/mol. The fourth-order valence-electron chi connectivity index (χ4n) is 4.00. The Balaban J connectivity index is 1.42. The number of imidazole rings is 1. The standard InChI is InChI=1S/C23H32N4O3/c1-29-21-7-5-19(6-8-21)17-26-10-9-24-22(26)18-27(23(28)20-3-2-4-20)12-11-25-13-15-30-16-14-25/h5-10,20H,2-4,11-18H2,1H3. The lowest BCUT2D eigenvalue weighted by Gasteiger charge is -2.34. The predicted octanol–water partition coefficient (Wildman–Crippen LogP) is 2.40. The van der Waals surface area contributed by atoms with Crippen LogP contribution in [0.3, 0.4) is 0 Å². The van der Waals surface area contributed by atoms with Crippen molar-refractivity contribution < 1.29 is 14.3 Å². The SMILES string of the molecule is COc1ccc(Cn2ccnc2CN(CCN2CCOCC2)C(=O)C2CCC2)cc1. The topological polar surface area (TPSA) is 59.8 Å². The quantitative estimate of drug-likeness (QED) is 0.633. The normalized spacial score (nSPS) is 17.5. The van der Waals surface area contributed by atoms with Crippen molar-refractivity contribution in [2.75, 3.05) is 46.5 Å². The van der Waals surface area contributed by atoms with Gasteiger partial charge in [-0.1, -0.05) is 18.6 Å². The molecule has 1 aliphatic heterocycles. The van der Waals surface area contributed by atoms with Gasteiger partial charge in [-0.15, -0.1) is 0 Å². The molecule has 0 spiro atoms. The summed E-state index contributed by atoms with van der Waals surface area (Å²) < 4.78 is 12.8. The van der Waals surface area contributed by atoms with Crippen LogP contribution >= 0.6 is 0 Å². The van der Waals surface area contributed by atoms with Gasteiger partial charge in [0.25, 0.3) is 0 Å². The van der Waals surface area contributed by atoms with E-state index in [0.29, 0.717) is 6.54 Å². The fourth-order valence-corrected chi connectivity index (χ4v) is 4.00. The first kappa shape index (κ1) is 20.9. The van der Waals surface area contributed by atoms with Crippen LogP contribution in [0.15, 0.2) is 36.7 Å². The zero-order valence-corrected chi connectivity index (χ0v) is 17.8. The number of carbonyl (C=O) groups is 1. The molecular weight excluding hydrogens is 380 g/mol. The highest BCUT2D eigenvalue weighted by Gasteiger charge is 2.30. The lowest BCUT2D eigenvalue weighted by Crippen LogP contribution is -2.45. The van der Waals surface area contributed by atoms with E-state index in [1.54, 1.807) is 7.11 Å². The number of carbonyl (C=O) groups excluding carboxylic acids is 1. The Morgan fingerprint density at radius 2 is 2.00 bits per heavy atom. The number of amides is 1. The van der Waals surface area contributed by atoms with Gasteiger partial charge in [0.05, 0.1) is 26.9 Å². The summed E-state index contributed by atoms with van der Waals surface area (Å²) in [5.41, 5.74) is 1.18. The predicted molar refractivity (Wildman–Crippen MR) is 114 cm³/mol. The Morgan fingerprint density at radius 1 is 1.23 bits per heavy atom. The number of nitrogens with zero attached hydrogens (tertiary/aromatic N) is 4. The zero-order chi connectivity index (χ0) is 20.8. The number of benzene rings is 1. The second-order valence-corrected chi connectivity index (χ2v) is 8.16. The fraction of sp³-hybridized carbons (Fsp3) is 0.565. The van der Waals surface area contributed by atoms with E-state index in [0.717, 1.165) is 70.4 Å². The average molecular weight is 413 g/mol. The summed E-state index contributed by atoms with van der Waals surface area (Å²) in [7, 11) is 1.67. The molecule has 0 atom stereocenters. The van der Waals surface area contributed by atoms with Crippen LogP contribution < -0.4 is 4.74 Å². The lowest BCUT2D eigenvalue weighted by molar-refractivity contribution is -0.139. The van der Waals surface area contributed by atoms with Crippen molar-refractivity contribution in [3.8, 4) is 5.75 Å². The maximum absolute atomic E-state index is 13.1. The highest BCUT2D eigenvalue weighted by Crippen LogP contribution is 2.28. The molecule has 1 amide bonds. The van der Waals surface area contributed by atoms with Gasteiger partial charge in [-0.3, -0.25) is 9.69 Å². The summed E-state index contributed by atoms with van der Waals surface area (Å²) in [6, 6.07) is 8.08. The minimum atomic E-state index is 0.194. The second kappa shape index (κ2) is 10.1. The van der Waals surface area contributed by atoms with Crippen LogP contribution in [0, 0.1) is 5.92 Å². The highest BCUT2D eigenvalue weighted by atomic mass is 16.5. The molecule has 30 heavy (non-hydrogen) atoms. The van der Waals surface area contributed by atoms with Gasteiger partial charge < -0.3 is 18.9 Å². The minimum absolute atomic E-state index is 0.194. The summed E-state index contributed by atoms with van der Waals surface area (Å²) in [4.78, 5) is 22.1. The Kier molecular flexibility index (Phi) is 7.02. The molecule has 0 unspecified atom stereocenters. The van der Waals surface area contributed by atoms with Gasteiger partial charge in [0.15, 0.2) is 0 Å². The summed E-state index contributed by atoms with van der Waals surface area (Å²) in [5, 5.41) is 0. The average Bonchev–Trinajstić information content (AvgIpc) is 3.17. The van der Waals surface area contributed by atoms with Crippen molar-refractivity contribution in [1.82, 2.24) is 19.4 Å². The highest BCUT2D eigenvalue weighted by molar-refractivity contribution is 5.79. The van der Waals surface area contributed by atoms with E-state index in [9.17, 15) is 4.79 Å². The molecule has 1 aromatic heterocycles. The first-order valence-corrected chi connectivity index (χ1v) is 10.9. The Hall–Kier alpha value is -2.38. The molecule has 7 nitrogen and oxygen atoms in total. The molecule has 1 aliphatic carbocycles. The summed E-state index contributed by atoms with van der Waals surface area (Å²) in [5.74, 6) is 2.26. The van der Waals surface area contributed by atoms with Crippen LogP contribution in [0.1, 0.15) is 30.7 Å². The third-order valence-electron chi connectivity index (χ3n) is 6.20. The molecule has 0 bridgehead atoms. The summed E-state index contributed by atoms with van der Waals surface area (Å²) in [6.45, 7) is 6.36. The van der Waals surface area contributed by atoms with Gasteiger partial charge in [0.1, 0.15) is 11.6 Å². The number of morpholine rings is 1. The van der Waals surface area contributed by atoms with Gasteiger partial charge in [0.2, 0.25) is 5.91 Å². The molecule has 2 aromatic rings. The molecule has 0 radical (unpaired) electrons. The van der Waals surface area contributed by atoms with Crippen molar-refractivity contribution in [3.05, 3.63) is 48.0 Å². The number of methoxy groups -OCH3 is 1. The molecule has 2 heterocycles. The van der Waals surface area contributed by atoms with E-state index < -0.39 is 0 Å². The third-order valence-corrected chi connectivity index (χ3v) is 6.20. The first-order valence-electron chi connectivity index (χ1n) is 10.9. The number of hydrogen-bond donors (Lipinski definition) is 0. The molecule has 4 rings (SSSR count). The third kappa shape index (κ3) is 5.21. The van der Waals surface area contributed by atoms with Gasteiger partial charge in [-0.25, -0.2) is 4.98 Å². The number of aromatic nitrogens is 2. The van der Waals surface area contributed by atoms with Crippen LogP contribution in [0.4, 0.5) is 0 Å². The van der Waals surface area contributed by atoms with E-state index in [1.807, 2.05) is 29.4 Å². The maximum atomic E-state index is 13.1. The van der Waals surface area contributed by atoms with Crippen LogP contribution in [-0.2, 0) is 22.6 Å². The molecule has 1 aromatic carbocycles. The van der Waals surface area contributed by atoms with E-state index in [1.165, 1.54) is 12.0 Å². The molecule has 162 valence electrons. The Morgan fingerprint density at radius 3 is 2.67 bits per heavy atom. The molecule has 2 aliphatic rings. The van der Waals surface area contributed by atoms with Crippen molar-refractivity contribution in [3.63, 3.8) is 0 Å². The van der Waals surface area contributed by atoms with E-state index in [4.69, 9.17) is 9.47 Å². The van der Waals surface area contributed by atoms with E-state index in [2.05, 4.69) is 26.6 Å². The minimum Gasteiger partial charge on any atom is -0.497 e. The van der Waals surface area contributed by atoms with Gasteiger partial charge in [0, 0.05) is 51.0 Å². The molecule has 2 fully saturated rings. The molecule has 7 heteroatoms. The van der Waals surface area contributed by atoms with Crippen LogP contribution in [0.25, 0.3) is 0 Å². The van der Waals surface area contributed by atoms with E-state index >= 15 is 0 Å². The van der Waals surface area contributed by atoms with Crippen molar-refractivity contribution in [2.45, 2.75) is 32.4 Å². The second-order valence-electron chi connectivity index (χ2n) is 8.16. The summed E-state index contributed by atoms with van der Waals surface area (Å²) in [6.07, 6.45) is 7.03. The van der Waals surface area contributed by atoms with Crippen LogP contribution in [0.5, 0.6) is 5.75 Å². The van der Waals surface area contributed by atoms with Crippen LogP contribution in [0.2, 0.25) is 0 Å². The van der Waals surface area contributed by atoms with Crippen LogP contribution in [-0.4, -0.2) is 71.8 Å². The molecule has 0 N–H and O–H groups in total. The van der Waals surface area contributed by atoms with Gasteiger partial charge in [-0.05, 0) is 30.5 Å². The van der Waals surface area contributed by atoms with Crippen molar-refractivity contribution in [1.29, 1.82) is 0 Å².